The molecule has 1 amide bonds. The highest BCUT2D eigenvalue weighted by atomic mass is 16.2. The number of hydrogen-bond acceptors (Lipinski definition) is 5. The molecule has 0 unspecified atom stereocenters. The number of carbonyl (C=O) groups excluding carboxylic acids is 1. The molecule has 1 saturated heterocycles. The third-order valence-corrected chi connectivity index (χ3v) is 4.58. The second-order valence-corrected chi connectivity index (χ2v) is 6.28. The third kappa shape index (κ3) is 3.48. The highest BCUT2D eigenvalue weighted by molar-refractivity contribution is 5.94. The van der Waals surface area contributed by atoms with Crippen LogP contribution in [0.5, 0.6) is 0 Å². The Hall–Kier alpha value is -3.06. The van der Waals surface area contributed by atoms with Crippen LogP contribution in [0.2, 0.25) is 0 Å². The van der Waals surface area contributed by atoms with Crippen molar-refractivity contribution in [1.29, 1.82) is 0 Å². The van der Waals surface area contributed by atoms with E-state index in [4.69, 9.17) is 0 Å². The van der Waals surface area contributed by atoms with Crippen molar-refractivity contribution in [1.82, 2.24) is 30.0 Å². The fourth-order valence-electron chi connectivity index (χ4n) is 3.15. The minimum absolute atomic E-state index is 0.0966. The number of rotatable bonds is 4. The van der Waals surface area contributed by atoms with Crippen molar-refractivity contribution in [3.63, 3.8) is 0 Å². The number of benzene rings is 2. The van der Waals surface area contributed by atoms with Crippen LogP contribution in [0, 0.1) is 0 Å². The first kappa shape index (κ1) is 16.4. The number of para-hydroxylation sites is 1. The predicted octanol–water partition coefficient (Wildman–Crippen LogP) is 1.62. The van der Waals surface area contributed by atoms with Crippen LogP contribution in [0.3, 0.4) is 0 Å². The summed E-state index contributed by atoms with van der Waals surface area (Å²) in [6.45, 7) is 3.69. The van der Waals surface area contributed by atoms with Gasteiger partial charge in [-0.2, -0.15) is 4.68 Å². The number of hydrogen-bond donors (Lipinski definition) is 0. The van der Waals surface area contributed by atoms with Crippen molar-refractivity contribution in [3.05, 3.63) is 72.1 Å². The Morgan fingerprint density at radius 2 is 1.54 bits per heavy atom. The first-order valence-corrected chi connectivity index (χ1v) is 8.70. The number of aromatic nitrogens is 4. The van der Waals surface area contributed by atoms with E-state index in [0.717, 1.165) is 30.2 Å². The molecule has 1 aliphatic rings. The standard InChI is InChI=1S/C19H20N6O/c26-19(16-7-3-1-4-8-16)24-13-11-23(12-14-24)15-18-20-21-22-25(18)17-9-5-2-6-10-17/h1-10H,11-15H2. The Morgan fingerprint density at radius 1 is 0.885 bits per heavy atom. The molecule has 0 bridgehead atoms. The Bertz CT molecular complexity index is 856. The van der Waals surface area contributed by atoms with E-state index >= 15 is 0 Å². The average molecular weight is 348 g/mol. The molecule has 26 heavy (non-hydrogen) atoms. The maximum absolute atomic E-state index is 12.5. The van der Waals surface area contributed by atoms with Gasteiger partial charge in [-0.25, -0.2) is 0 Å². The summed E-state index contributed by atoms with van der Waals surface area (Å²) >= 11 is 0. The second-order valence-electron chi connectivity index (χ2n) is 6.28. The topological polar surface area (TPSA) is 67.2 Å². The summed E-state index contributed by atoms with van der Waals surface area (Å²) in [5.74, 6) is 0.901. The van der Waals surface area contributed by atoms with Crippen LogP contribution in [0.4, 0.5) is 0 Å². The normalized spacial score (nSPS) is 15.2. The minimum Gasteiger partial charge on any atom is -0.336 e. The van der Waals surface area contributed by atoms with Crippen molar-refractivity contribution >= 4 is 5.91 Å². The molecule has 1 aromatic heterocycles. The van der Waals surface area contributed by atoms with Crippen LogP contribution in [-0.4, -0.2) is 62.1 Å². The van der Waals surface area contributed by atoms with Crippen LogP contribution in [-0.2, 0) is 6.54 Å². The van der Waals surface area contributed by atoms with Gasteiger partial charge in [-0.3, -0.25) is 9.69 Å². The maximum Gasteiger partial charge on any atom is 0.253 e. The summed E-state index contributed by atoms with van der Waals surface area (Å²) in [5, 5.41) is 12.1. The number of nitrogens with zero attached hydrogens (tertiary/aromatic N) is 6. The van der Waals surface area contributed by atoms with E-state index in [0.29, 0.717) is 19.6 Å². The fourth-order valence-corrected chi connectivity index (χ4v) is 3.15. The Balaban J connectivity index is 1.38. The summed E-state index contributed by atoms with van der Waals surface area (Å²) in [4.78, 5) is 16.7. The summed E-state index contributed by atoms with van der Waals surface area (Å²) in [6.07, 6.45) is 0. The van der Waals surface area contributed by atoms with E-state index in [-0.39, 0.29) is 5.91 Å². The first-order valence-electron chi connectivity index (χ1n) is 8.70. The largest absolute Gasteiger partial charge is 0.336 e. The van der Waals surface area contributed by atoms with Crippen molar-refractivity contribution in [2.75, 3.05) is 26.2 Å². The lowest BCUT2D eigenvalue weighted by Crippen LogP contribution is -2.48. The zero-order valence-corrected chi connectivity index (χ0v) is 14.4. The zero-order chi connectivity index (χ0) is 17.8. The number of amides is 1. The highest BCUT2D eigenvalue weighted by Crippen LogP contribution is 2.12. The van der Waals surface area contributed by atoms with Crippen molar-refractivity contribution in [2.24, 2.45) is 0 Å². The number of tetrazole rings is 1. The molecule has 0 radical (unpaired) electrons. The average Bonchev–Trinajstić information content (AvgIpc) is 3.17. The van der Waals surface area contributed by atoms with Gasteiger partial charge in [0, 0.05) is 31.7 Å². The summed E-state index contributed by atoms with van der Waals surface area (Å²) in [7, 11) is 0. The van der Waals surface area contributed by atoms with E-state index in [1.807, 2.05) is 65.6 Å². The van der Waals surface area contributed by atoms with Crippen LogP contribution >= 0.6 is 0 Å². The van der Waals surface area contributed by atoms with Crippen LogP contribution in [0.25, 0.3) is 5.69 Å². The van der Waals surface area contributed by atoms with Gasteiger partial charge in [0.25, 0.3) is 5.91 Å². The third-order valence-electron chi connectivity index (χ3n) is 4.58. The van der Waals surface area contributed by atoms with E-state index in [2.05, 4.69) is 20.4 Å². The highest BCUT2D eigenvalue weighted by Gasteiger charge is 2.23. The molecule has 4 rings (SSSR count). The van der Waals surface area contributed by atoms with E-state index in [1.165, 1.54) is 0 Å². The SMILES string of the molecule is O=C(c1ccccc1)N1CCN(Cc2nnnn2-c2ccccc2)CC1. The number of carbonyl (C=O) groups is 1. The molecule has 0 atom stereocenters. The quantitative estimate of drug-likeness (QED) is 0.717. The van der Waals surface area contributed by atoms with E-state index in [9.17, 15) is 4.79 Å². The monoisotopic (exact) mass is 348 g/mol. The van der Waals surface area contributed by atoms with Gasteiger partial charge in [-0.1, -0.05) is 36.4 Å². The molecular formula is C19H20N6O. The van der Waals surface area contributed by atoms with Gasteiger partial charge in [0.05, 0.1) is 12.2 Å². The van der Waals surface area contributed by atoms with Gasteiger partial charge in [0.1, 0.15) is 0 Å². The van der Waals surface area contributed by atoms with Gasteiger partial charge in [-0.05, 0) is 34.7 Å². The first-order chi connectivity index (χ1) is 12.8. The Labute approximate surface area is 151 Å². The minimum atomic E-state index is 0.0966. The summed E-state index contributed by atoms with van der Waals surface area (Å²) < 4.78 is 1.77. The van der Waals surface area contributed by atoms with Gasteiger partial charge in [0.15, 0.2) is 5.82 Å². The van der Waals surface area contributed by atoms with Gasteiger partial charge in [-0.15, -0.1) is 5.10 Å². The molecule has 0 N–H and O–H groups in total. The van der Waals surface area contributed by atoms with Crippen molar-refractivity contribution in [2.45, 2.75) is 6.54 Å². The molecule has 7 heteroatoms. The number of piperazine rings is 1. The molecule has 0 aliphatic carbocycles. The van der Waals surface area contributed by atoms with Crippen LogP contribution in [0.1, 0.15) is 16.2 Å². The molecule has 0 spiro atoms. The fraction of sp³-hybridized carbons (Fsp3) is 0.263. The lowest BCUT2D eigenvalue weighted by molar-refractivity contribution is 0.0624. The second kappa shape index (κ2) is 7.45. The molecule has 3 aromatic rings. The smallest absolute Gasteiger partial charge is 0.253 e. The predicted molar refractivity (Wildman–Crippen MR) is 96.8 cm³/mol. The molecule has 132 valence electrons. The summed E-state index contributed by atoms with van der Waals surface area (Å²) in [6, 6.07) is 19.3. The van der Waals surface area contributed by atoms with E-state index in [1.54, 1.807) is 4.68 Å². The van der Waals surface area contributed by atoms with Gasteiger partial charge < -0.3 is 4.90 Å². The molecular weight excluding hydrogens is 328 g/mol. The molecule has 2 aromatic carbocycles. The molecule has 0 saturated carbocycles. The maximum atomic E-state index is 12.5. The van der Waals surface area contributed by atoms with Gasteiger partial charge in [0.2, 0.25) is 0 Å². The lowest BCUT2D eigenvalue weighted by Gasteiger charge is -2.34. The molecule has 1 fully saturated rings. The van der Waals surface area contributed by atoms with Crippen LogP contribution < -0.4 is 0 Å². The van der Waals surface area contributed by atoms with Crippen molar-refractivity contribution < 1.29 is 4.79 Å². The molecule has 1 aliphatic heterocycles. The Kier molecular flexibility index (Phi) is 4.70. The van der Waals surface area contributed by atoms with Crippen molar-refractivity contribution in [3.8, 4) is 5.69 Å². The summed E-state index contributed by atoms with van der Waals surface area (Å²) in [5.41, 5.74) is 1.69. The van der Waals surface area contributed by atoms with E-state index < -0.39 is 0 Å². The van der Waals surface area contributed by atoms with Crippen LogP contribution in [0.15, 0.2) is 60.7 Å². The molecule has 7 nitrogen and oxygen atoms in total. The van der Waals surface area contributed by atoms with Gasteiger partial charge >= 0.3 is 0 Å². The lowest BCUT2D eigenvalue weighted by atomic mass is 10.2. The molecule has 2 heterocycles. The zero-order valence-electron chi connectivity index (χ0n) is 14.4. The Morgan fingerprint density at radius 3 is 2.23 bits per heavy atom.